The van der Waals surface area contributed by atoms with Crippen LogP contribution in [0.5, 0.6) is 0 Å². The van der Waals surface area contributed by atoms with Gasteiger partial charge in [0.05, 0.1) is 0 Å². The zero-order chi connectivity index (χ0) is 19.1. The molecule has 0 amide bonds. The Morgan fingerprint density at radius 2 is 1.54 bits per heavy atom. The fraction of sp³-hybridized carbons (Fsp3) is 0.200. The van der Waals surface area contributed by atoms with Crippen LogP contribution in [0.4, 0.5) is 11.4 Å². The summed E-state index contributed by atoms with van der Waals surface area (Å²) in [5, 5.41) is 19.1. The molecule has 0 saturated carbocycles. The van der Waals surface area contributed by atoms with Crippen molar-refractivity contribution < 1.29 is 19.8 Å². The number of nitrogens with zero attached hydrogens (tertiary/aromatic N) is 1. The highest BCUT2D eigenvalue weighted by molar-refractivity contribution is 5.89. The molecule has 1 heterocycles. The first kappa shape index (κ1) is 19.2. The number of hydrogen-bond donors (Lipinski definition) is 3. The molecule has 6 nitrogen and oxygen atoms in total. The lowest BCUT2D eigenvalue weighted by Crippen LogP contribution is -2.18. The minimum atomic E-state index is -1.26. The predicted octanol–water partition coefficient (Wildman–Crippen LogP) is 2.98. The van der Waals surface area contributed by atoms with Gasteiger partial charge in [0, 0.05) is 36.6 Å². The maximum atomic E-state index is 9.55. The first-order valence-corrected chi connectivity index (χ1v) is 8.15. The maximum absolute atomic E-state index is 9.55. The Labute approximate surface area is 152 Å². The van der Waals surface area contributed by atoms with Crippen LogP contribution in [0, 0.1) is 0 Å². The number of aliphatic carboxylic acids is 2. The van der Waals surface area contributed by atoms with Crippen LogP contribution in [0.25, 0.3) is 0 Å². The van der Waals surface area contributed by atoms with Crippen molar-refractivity contribution in [3.05, 3.63) is 71.8 Å². The predicted molar refractivity (Wildman–Crippen MR) is 101 cm³/mol. The Morgan fingerprint density at radius 1 is 1.00 bits per heavy atom. The lowest BCUT2D eigenvalue weighted by atomic mass is 9.99. The lowest BCUT2D eigenvalue weighted by molar-refractivity contribution is -0.134. The highest BCUT2D eigenvalue weighted by atomic mass is 16.4. The monoisotopic (exact) mass is 354 g/mol. The Balaban J connectivity index is 0.000000260. The van der Waals surface area contributed by atoms with E-state index in [1.54, 1.807) is 0 Å². The molecule has 0 aromatic heterocycles. The van der Waals surface area contributed by atoms with E-state index in [-0.39, 0.29) is 0 Å². The molecule has 0 unspecified atom stereocenters. The SMILES string of the molecule is CN[C@@H]1Cc2ccccc2N(C)c2ccccc21.O=C(O)C=CC(=O)O. The number of fused-ring (bicyclic) bond motifs is 2. The number of nitrogens with one attached hydrogen (secondary N) is 1. The molecule has 26 heavy (non-hydrogen) atoms. The topological polar surface area (TPSA) is 89.9 Å². The van der Waals surface area contributed by atoms with Crippen molar-refractivity contribution in [2.75, 3.05) is 19.0 Å². The van der Waals surface area contributed by atoms with Crippen LogP contribution >= 0.6 is 0 Å². The lowest BCUT2D eigenvalue weighted by Gasteiger charge is -2.22. The van der Waals surface area contributed by atoms with Crippen LogP contribution in [0.2, 0.25) is 0 Å². The highest BCUT2D eigenvalue weighted by Crippen LogP contribution is 2.38. The number of carboxylic acids is 2. The quantitative estimate of drug-likeness (QED) is 0.734. The first-order chi connectivity index (χ1) is 12.4. The second-order valence-electron chi connectivity index (χ2n) is 5.80. The molecule has 2 aromatic rings. The van der Waals surface area contributed by atoms with Gasteiger partial charge in [0.2, 0.25) is 0 Å². The summed E-state index contributed by atoms with van der Waals surface area (Å²) in [6, 6.07) is 17.7. The Hall–Kier alpha value is -3.12. The summed E-state index contributed by atoms with van der Waals surface area (Å²) in [4.78, 5) is 21.4. The molecule has 0 spiro atoms. The summed E-state index contributed by atoms with van der Waals surface area (Å²) >= 11 is 0. The number of hydrogen-bond acceptors (Lipinski definition) is 4. The number of benzene rings is 2. The van der Waals surface area contributed by atoms with Gasteiger partial charge in [0.15, 0.2) is 0 Å². The second kappa shape index (κ2) is 8.82. The van der Waals surface area contributed by atoms with Gasteiger partial charge in [-0.1, -0.05) is 36.4 Å². The third-order valence-corrected chi connectivity index (χ3v) is 4.17. The van der Waals surface area contributed by atoms with Gasteiger partial charge in [-0.2, -0.15) is 0 Å². The van der Waals surface area contributed by atoms with Crippen LogP contribution in [-0.4, -0.2) is 36.2 Å². The van der Waals surface area contributed by atoms with E-state index in [0.29, 0.717) is 18.2 Å². The molecule has 0 fully saturated rings. The van der Waals surface area contributed by atoms with E-state index in [2.05, 4.69) is 65.8 Å². The van der Waals surface area contributed by atoms with E-state index in [0.717, 1.165) is 6.42 Å². The standard InChI is InChI=1S/C16H18N2.C4H4O4/c1-17-14-11-12-7-3-5-9-15(12)18(2)16-10-6-4-8-13(14)16;5-3(6)1-2-4(7)8/h3-10,14,17H,11H2,1-2H3;1-2H,(H,5,6)(H,7,8)/t14-;/m1./s1. The molecule has 6 heteroatoms. The Morgan fingerprint density at radius 3 is 2.12 bits per heavy atom. The summed E-state index contributed by atoms with van der Waals surface area (Å²) in [5.74, 6) is -2.51. The zero-order valence-electron chi connectivity index (χ0n) is 14.7. The second-order valence-corrected chi connectivity index (χ2v) is 5.80. The van der Waals surface area contributed by atoms with Crippen molar-refractivity contribution in [2.24, 2.45) is 0 Å². The third-order valence-electron chi connectivity index (χ3n) is 4.17. The average molecular weight is 354 g/mol. The average Bonchev–Trinajstić information content (AvgIpc) is 2.76. The summed E-state index contributed by atoms with van der Waals surface area (Å²) < 4.78 is 0. The number of likely N-dealkylation sites (N-methyl/N-ethyl adjacent to an activating group) is 1. The summed E-state index contributed by atoms with van der Waals surface area (Å²) in [7, 11) is 4.19. The molecule has 3 rings (SSSR count). The molecule has 1 aliphatic heterocycles. The minimum absolute atomic E-state index is 0.382. The van der Waals surface area contributed by atoms with Gasteiger partial charge < -0.3 is 20.4 Å². The van der Waals surface area contributed by atoms with E-state index in [1.165, 1.54) is 22.5 Å². The number of carbonyl (C=O) groups is 2. The van der Waals surface area contributed by atoms with Gasteiger partial charge in [0.1, 0.15) is 0 Å². The fourth-order valence-electron chi connectivity index (χ4n) is 2.96. The van der Waals surface area contributed by atoms with Crippen molar-refractivity contribution in [1.82, 2.24) is 5.32 Å². The van der Waals surface area contributed by atoms with Crippen LogP contribution in [0.1, 0.15) is 17.2 Å². The molecule has 2 aromatic carbocycles. The Kier molecular flexibility index (Phi) is 6.52. The van der Waals surface area contributed by atoms with E-state index >= 15 is 0 Å². The Bertz CT molecular complexity index is 801. The molecule has 0 aliphatic carbocycles. The summed E-state index contributed by atoms with van der Waals surface area (Å²) in [5.41, 5.74) is 5.37. The van der Waals surface area contributed by atoms with E-state index in [4.69, 9.17) is 10.2 Å². The van der Waals surface area contributed by atoms with Crippen LogP contribution in [0.3, 0.4) is 0 Å². The van der Waals surface area contributed by atoms with Crippen molar-refractivity contribution in [2.45, 2.75) is 12.5 Å². The van der Waals surface area contributed by atoms with E-state index in [9.17, 15) is 9.59 Å². The van der Waals surface area contributed by atoms with E-state index in [1.807, 2.05) is 7.05 Å². The maximum Gasteiger partial charge on any atom is 0.328 e. The van der Waals surface area contributed by atoms with Crippen molar-refractivity contribution in [3.63, 3.8) is 0 Å². The molecule has 3 N–H and O–H groups in total. The molecular formula is C20H22N2O4. The van der Waals surface area contributed by atoms with Crippen molar-refractivity contribution in [3.8, 4) is 0 Å². The normalized spacial score (nSPS) is 15.3. The molecule has 1 aliphatic rings. The highest BCUT2D eigenvalue weighted by Gasteiger charge is 2.23. The van der Waals surface area contributed by atoms with Crippen LogP contribution in [-0.2, 0) is 16.0 Å². The molecule has 1 atom stereocenters. The van der Waals surface area contributed by atoms with Crippen molar-refractivity contribution in [1.29, 1.82) is 0 Å². The van der Waals surface area contributed by atoms with E-state index < -0.39 is 11.9 Å². The van der Waals surface area contributed by atoms with Crippen molar-refractivity contribution >= 4 is 23.3 Å². The van der Waals surface area contributed by atoms with Gasteiger partial charge in [-0.05, 0) is 36.7 Å². The van der Waals surface area contributed by atoms with Gasteiger partial charge in [-0.3, -0.25) is 0 Å². The molecule has 0 saturated heterocycles. The van der Waals surface area contributed by atoms with Crippen LogP contribution in [0.15, 0.2) is 60.7 Å². The summed E-state index contributed by atoms with van der Waals surface area (Å²) in [6.45, 7) is 0. The molecule has 0 radical (unpaired) electrons. The molecule has 136 valence electrons. The number of para-hydroxylation sites is 2. The molecular weight excluding hydrogens is 332 g/mol. The number of anilines is 2. The number of rotatable bonds is 3. The number of carboxylic acid groups (broad SMARTS) is 2. The van der Waals surface area contributed by atoms with Gasteiger partial charge >= 0.3 is 11.9 Å². The summed E-state index contributed by atoms with van der Waals surface area (Å²) in [6.07, 6.45) is 2.15. The minimum Gasteiger partial charge on any atom is -0.478 e. The zero-order valence-corrected chi connectivity index (χ0v) is 14.7. The third kappa shape index (κ3) is 4.70. The molecule has 0 bridgehead atoms. The smallest absolute Gasteiger partial charge is 0.328 e. The largest absolute Gasteiger partial charge is 0.478 e. The van der Waals surface area contributed by atoms with Gasteiger partial charge in [-0.25, -0.2) is 9.59 Å². The first-order valence-electron chi connectivity index (χ1n) is 8.15. The van der Waals surface area contributed by atoms with Gasteiger partial charge in [-0.15, -0.1) is 0 Å². The van der Waals surface area contributed by atoms with Gasteiger partial charge in [0.25, 0.3) is 0 Å². The van der Waals surface area contributed by atoms with Crippen LogP contribution < -0.4 is 10.2 Å². The fourth-order valence-corrected chi connectivity index (χ4v) is 2.96.